The summed E-state index contributed by atoms with van der Waals surface area (Å²) in [6, 6.07) is 28.0. The number of nitriles is 1. The minimum Gasteiger partial charge on any atom is -0.239 e. The van der Waals surface area contributed by atoms with Gasteiger partial charge in [0.05, 0.1) is 27.5 Å². The minimum absolute atomic E-state index is 0.548. The van der Waals surface area contributed by atoms with Gasteiger partial charge in [-0.2, -0.15) is 5.26 Å². The van der Waals surface area contributed by atoms with Gasteiger partial charge in [0.2, 0.25) is 0 Å². The van der Waals surface area contributed by atoms with Crippen LogP contribution in [-0.2, 0) is 0 Å². The Morgan fingerprint density at radius 1 is 0.750 bits per heavy atom. The molecule has 0 saturated carbocycles. The quantitative estimate of drug-likeness (QED) is 0.412. The summed E-state index contributed by atoms with van der Waals surface area (Å²) in [6.07, 6.45) is 0. The zero-order valence-corrected chi connectivity index (χ0v) is 15.6. The van der Waals surface area contributed by atoms with Crippen molar-refractivity contribution in [3.8, 4) is 17.5 Å². The Hall–Kier alpha value is -3.62. The van der Waals surface area contributed by atoms with Crippen molar-refractivity contribution in [1.29, 1.82) is 5.26 Å². The summed E-state index contributed by atoms with van der Waals surface area (Å²) in [5.41, 5.74) is 3.36. The van der Waals surface area contributed by atoms with E-state index in [4.69, 9.17) is 15.0 Å². The number of benzene rings is 3. The fourth-order valence-corrected chi connectivity index (χ4v) is 4.30. The summed E-state index contributed by atoms with van der Waals surface area (Å²) in [5, 5.41) is 11.7. The summed E-state index contributed by atoms with van der Waals surface area (Å²) >= 11 is 1.54. The van der Waals surface area contributed by atoms with Crippen LogP contribution in [0.2, 0.25) is 0 Å². The molecule has 1 unspecified atom stereocenters. The molecule has 1 atom stereocenters. The van der Waals surface area contributed by atoms with E-state index < -0.39 is 5.92 Å². The number of hydrogen-bond acceptors (Lipinski definition) is 5. The molecule has 3 aromatic carbocycles. The summed E-state index contributed by atoms with van der Waals surface area (Å²) in [5.74, 6) is 0.0726. The van der Waals surface area contributed by atoms with Crippen LogP contribution in [0, 0.1) is 11.3 Å². The highest BCUT2D eigenvalue weighted by molar-refractivity contribution is 7.18. The van der Waals surface area contributed by atoms with E-state index in [-0.39, 0.29) is 0 Å². The molecule has 28 heavy (non-hydrogen) atoms. The predicted molar refractivity (Wildman–Crippen MR) is 112 cm³/mol. The summed E-state index contributed by atoms with van der Waals surface area (Å²) < 4.78 is 1.07. The van der Waals surface area contributed by atoms with Crippen LogP contribution in [0.4, 0.5) is 0 Å². The molecule has 0 fully saturated rings. The fourth-order valence-electron chi connectivity index (χ4n) is 3.28. The van der Waals surface area contributed by atoms with E-state index in [0.29, 0.717) is 11.5 Å². The molecule has 0 amide bonds. The molecule has 2 heterocycles. The Morgan fingerprint density at radius 2 is 1.46 bits per heavy atom. The molecule has 0 radical (unpaired) electrons. The summed E-state index contributed by atoms with van der Waals surface area (Å²) in [6.45, 7) is 0. The monoisotopic (exact) mass is 378 g/mol. The molecule has 5 aromatic rings. The van der Waals surface area contributed by atoms with Crippen LogP contribution in [0.1, 0.15) is 16.6 Å². The Bertz CT molecular complexity index is 1300. The van der Waals surface area contributed by atoms with Crippen molar-refractivity contribution < 1.29 is 0 Å². The third-order valence-electron chi connectivity index (χ3n) is 4.62. The number of hydrogen-bond donors (Lipinski definition) is 0. The molecule has 0 aliphatic heterocycles. The highest BCUT2D eigenvalue weighted by Gasteiger charge is 2.23. The van der Waals surface area contributed by atoms with E-state index in [1.165, 1.54) is 0 Å². The lowest BCUT2D eigenvalue weighted by Crippen LogP contribution is -2.05. The highest BCUT2D eigenvalue weighted by atomic mass is 32.1. The molecule has 5 rings (SSSR count). The van der Waals surface area contributed by atoms with Crippen molar-refractivity contribution in [3.63, 3.8) is 0 Å². The number of fused-ring (bicyclic) bond motifs is 2. The van der Waals surface area contributed by atoms with E-state index >= 15 is 0 Å². The number of para-hydroxylation sites is 2. The second kappa shape index (κ2) is 6.84. The first-order chi connectivity index (χ1) is 13.8. The normalized spacial score (nSPS) is 12.1. The van der Waals surface area contributed by atoms with Gasteiger partial charge in [-0.15, -0.1) is 11.3 Å². The second-order valence-corrected chi connectivity index (χ2v) is 7.46. The van der Waals surface area contributed by atoms with Gasteiger partial charge < -0.3 is 0 Å². The van der Waals surface area contributed by atoms with Crippen LogP contribution in [0.5, 0.6) is 0 Å². The average Bonchev–Trinajstić information content (AvgIpc) is 3.18. The number of aromatic nitrogens is 3. The van der Waals surface area contributed by atoms with Gasteiger partial charge in [-0.3, -0.25) is 0 Å². The maximum Gasteiger partial charge on any atom is 0.160 e. The van der Waals surface area contributed by atoms with Gasteiger partial charge in [0.1, 0.15) is 10.9 Å². The van der Waals surface area contributed by atoms with Gasteiger partial charge in [-0.05, 0) is 18.2 Å². The van der Waals surface area contributed by atoms with Crippen molar-refractivity contribution in [2.24, 2.45) is 0 Å². The van der Waals surface area contributed by atoms with Crippen molar-refractivity contribution >= 4 is 32.5 Å². The molecule has 4 nitrogen and oxygen atoms in total. The van der Waals surface area contributed by atoms with E-state index in [1.54, 1.807) is 11.3 Å². The Kier molecular flexibility index (Phi) is 4.04. The molecule has 2 aromatic heterocycles. The van der Waals surface area contributed by atoms with Gasteiger partial charge in [-0.25, -0.2) is 15.0 Å². The molecule has 132 valence electrons. The smallest absolute Gasteiger partial charge is 0.160 e. The average molecular weight is 378 g/mol. The predicted octanol–water partition coefficient (Wildman–Crippen LogP) is 5.56. The van der Waals surface area contributed by atoms with Crippen LogP contribution in [0.3, 0.4) is 0 Å². The number of rotatable bonds is 3. The van der Waals surface area contributed by atoms with Crippen LogP contribution < -0.4 is 0 Å². The molecular weight excluding hydrogens is 364 g/mol. The first-order valence-corrected chi connectivity index (χ1v) is 9.72. The third kappa shape index (κ3) is 2.81. The molecule has 0 bridgehead atoms. The van der Waals surface area contributed by atoms with E-state index in [9.17, 15) is 5.26 Å². The molecular formula is C23H14N4S. The minimum atomic E-state index is -0.548. The first-order valence-electron chi connectivity index (χ1n) is 8.90. The topological polar surface area (TPSA) is 62.5 Å². The molecule has 0 aliphatic rings. The van der Waals surface area contributed by atoms with Crippen molar-refractivity contribution in [2.75, 3.05) is 0 Å². The maximum absolute atomic E-state index is 10.0. The van der Waals surface area contributed by atoms with Crippen molar-refractivity contribution in [2.45, 2.75) is 5.92 Å². The molecule has 0 spiro atoms. The highest BCUT2D eigenvalue weighted by Crippen LogP contribution is 2.34. The molecule has 0 aliphatic carbocycles. The third-order valence-corrected chi connectivity index (χ3v) is 5.73. The zero-order chi connectivity index (χ0) is 18.9. The Balaban J connectivity index is 1.75. The zero-order valence-electron chi connectivity index (χ0n) is 14.8. The van der Waals surface area contributed by atoms with Crippen LogP contribution >= 0.6 is 11.3 Å². The van der Waals surface area contributed by atoms with Crippen LogP contribution in [-0.4, -0.2) is 15.0 Å². The first kappa shape index (κ1) is 16.5. The lowest BCUT2D eigenvalue weighted by Gasteiger charge is -2.11. The van der Waals surface area contributed by atoms with Gasteiger partial charge in [0.15, 0.2) is 5.82 Å². The van der Waals surface area contributed by atoms with Crippen LogP contribution in [0.25, 0.3) is 32.5 Å². The lowest BCUT2D eigenvalue weighted by atomic mass is 10.0. The standard InChI is InChI=1S/C23H14N4S/c24-14-17(23-26-19-12-6-7-13-20(19)28-23)21-16-10-4-5-11-18(16)25-22(27-21)15-8-2-1-3-9-15/h1-13,17H. The molecule has 0 N–H and O–H groups in total. The van der Waals surface area contributed by atoms with Gasteiger partial charge >= 0.3 is 0 Å². The number of thiazole rings is 1. The second-order valence-electron chi connectivity index (χ2n) is 6.40. The van der Waals surface area contributed by atoms with Gasteiger partial charge in [0, 0.05) is 10.9 Å². The maximum atomic E-state index is 10.0. The van der Waals surface area contributed by atoms with Crippen LogP contribution in [0.15, 0.2) is 78.9 Å². The Labute approximate surface area is 165 Å². The Morgan fingerprint density at radius 3 is 2.25 bits per heavy atom. The molecule has 0 saturated heterocycles. The van der Waals surface area contributed by atoms with Gasteiger partial charge in [-0.1, -0.05) is 60.7 Å². The van der Waals surface area contributed by atoms with Crippen molar-refractivity contribution in [3.05, 3.63) is 89.6 Å². The number of nitrogens with zero attached hydrogens (tertiary/aromatic N) is 4. The fraction of sp³-hybridized carbons (Fsp3) is 0.0435. The molecule has 5 heteroatoms. The van der Waals surface area contributed by atoms with E-state index in [2.05, 4.69) is 6.07 Å². The van der Waals surface area contributed by atoms with E-state index in [0.717, 1.165) is 31.7 Å². The van der Waals surface area contributed by atoms with Gasteiger partial charge in [0.25, 0.3) is 0 Å². The van der Waals surface area contributed by atoms with Crippen molar-refractivity contribution in [1.82, 2.24) is 15.0 Å². The largest absolute Gasteiger partial charge is 0.239 e. The SMILES string of the molecule is N#CC(c1nc2ccccc2s1)c1nc(-c2ccccc2)nc2ccccc12. The summed E-state index contributed by atoms with van der Waals surface area (Å²) in [7, 11) is 0. The lowest BCUT2D eigenvalue weighted by molar-refractivity contribution is 0.960. The summed E-state index contributed by atoms with van der Waals surface area (Å²) in [4.78, 5) is 14.2. The van der Waals surface area contributed by atoms with E-state index in [1.807, 2.05) is 78.9 Å².